The number of nitrogens with zero attached hydrogens (tertiary/aromatic N) is 2. The molecule has 2 rings (SSSR count). The first-order valence-corrected chi connectivity index (χ1v) is 8.45. The SMILES string of the molecule is CCN(C)C=Nc1cc(Cl)c(Cc2ccc(F)c(C(F)(F)F)c2)cc1Cl. The van der Waals surface area contributed by atoms with Gasteiger partial charge in [-0.3, -0.25) is 0 Å². The lowest BCUT2D eigenvalue weighted by Gasteiger charge is -2.12. The summed E-state index contributed by atoms with van der Waals surface area (Å²) < 4.78 is 51.9. The average molecular weight is 407 g/mol. The summed E-state index contributed by atoms with van der Waals surface area (Å²) in [7, 11) is 1.85. The molecule has 0 N–H and O–H groups in total. The molecule has 0 aliphatic carbocycles. The number of rotatable bonds is 5. The molecule has 0 amide bonds. The first-order chi connectivity index (χ1) is 12.1. The molecule has 2 nitrogen and oxygen atoms in total. The fourth-order valence-electron chi connectivity index (χ4n) is 2.17. The summed E-state index contributed by atoms with van der Waals surface area (Å²) in [6.45, 7) is 2.72. The maximum Gasteiger partial charge on any atom is 0.419 e. The van der Waals surface area contributed by atoms with Gasteiger partial charge >= 0.3 is 6.18 Å². The number of hydrogen-bond acceptors (Lipinski definition) is 1. The summed E-state index contributed by atoms with van der Waals surface area (Å²) in [5.41, 5.74) is -0.0466. The number of aliphatic imine (C=N–C) groups is 1. The number of hydrogen-bond donors (Lipinski definition) is 0. The molecule has 0 aromatic heterocycles. The Bertz CT molecular complexity index is 820. The van der Waals surface area contributed by atoms with Gasteiger partial charge in [-0.15, -0.1) is 0 Å². The Morgan fingerprint density at radius 3 is 2.42 bits per heavy atom. The molecule has 0 saturated heterocycles. The minimum Gasteiger partial charge on any atom is -0.366 e. The Kier molecular flexibility index (Phi) is 6.53. The topological polar surface area (TPSA) is 15.6 Å². The van der Waals surface area contributed by atoms with Crippen molar-refractivity contribution >= 4 is 35.2 Å². The predicted octanol–water partition coefficient (Wildman–Crippen LogP) is 6.35. The third-order valence-electron chi connectivity index (χ3n) is 3.74. The van der Waals surface area contributed by atoms with E-state index in [1.165, 1.54) is 6.07 Å². The van der Waals surface area contributed by atoms with Crippen LogP contribution in [0.25, 0.3) is 0 Å². The highest BCUT2D eigenvalue weighted by Crippen LogP contribution is 2.35. The molecule has 0 aliphatic heterocycles. The number of alkyl halides is 3. The second-order valence-electron chi connectivity index (χ2n) is 5.70. The quantitative estimate of drug-likeness (QED) is 0.320. The van der Waals surface area contributed by atoms with Gasteiger partial charge in [0.1, 0.15) is 5.82 Å². The van der Waals surface area contributed by atoms with Crippen LogP contribution in [0.2, 0.25) is 10.0 Å². The summed E-state index contributed by atoms with van der Waals surface area (Å²) in [6.07, 6.45) is -3.07. The molecule has 0 fully saturated rings. The molecule has 0 heterocycles. The maximum absolute atomic E-state index is 13.4. The van der Waals surface area contributed by atoms with Crippen LogP contribution in [0.4, 0.5) is 23.2 Å². The largest absolute Gasteiger partial charge is 0.419 e. The highest BCUT2D eigenvalue weighted by Gasteiger charge is 2.34. The Labute approximate surface area is 159 Å². The second-order valence-corrected chi connectivity index (χ2v) is 6.52. The van der Waals surface area contributed by atoms with Crippen LogP contribution < -0.4 is 0 Å². The average Bonchev–Trinajstić information content (AvgIpc) is 2.56. The van der Waals surface area contributed by atoms with Gasteiger partial charge in [0.2, 0.25) is 0 Å². The molecule has 2 aromatic carbocycles. The van der Waals surface area contributed by atoms with Crippen LogP contribution in [0, 0.1) is 5.82 Å². The van der Waals surface area contributed by atoms with Crippen molar-refractivity contribution in [1.29, 1.82) is 0 Å². The van der Waals surface area contributed by atoms with Gasteiger partial charge in [0, 0.05) is 18.6 Å². The number of halogens is 6. The molecule has 2 aromatic rings. The van der Waals surface area contributed by atoms with Crippen LogP contribution in [0.1, 0.15) is 23.6 Å². The molecule has 0 aliphatic rings. The first kappa shape index (κ1) is 20.5. The van der Waals surface area contributed by atoms with E-state index in [1.807, 2.05) is 18.9 Å². The molecular weight excluding hydrogens is 391 g/mol. The highest BCUT2D eigenvalue weighted by molar-refractivity contribution is 6.35. The summed E-state index contributed by atoms with van der Waals surface area (Å²) in [5.74, 6) is -1.31. The van der Waals surface area contributed by atoms with E-state index in [0.29, 0.717) is 21.3 Å². The first-order valence-electron chi connectivity index (χ1n) is 7.69. The summed E-state index contributed by atoms with van der Waals surface area (Å²) in [6, 6.07) is 5.97. The zero-order valence-electron chi connectivity index (χ0n) is 14.0. The molecule has 0 saturated carbocycles. The molecule has 140 valence electrons. The van der Waals surface area contributed by atoms with Gasteiger partial charge in [0.05, 0.1) is 22.6 Å². The third-order valence-corrected chi connectivity index (χ3v) is 4.39. The van der Waals surface area contributed by atoms with Crippen molar-refractivity contribution in [3.8, 4) is 0 Å². The molecule has 0 spiro atoms. The lowest BCUT2D eigenvalue weighted by atomic mass is 10.0. The monoisotopic (exact) mass is 406 g/mol. The second kappa shape index (κ2) is 8.27. The van der Waals surface area contributed by atoms with Crippen LogP contribution in [0.5, 0.6) is 0 Å². The lowest BCUT2D eigenvalue weighted by molar-refractivity contribution is -0.140. The molecule has 0 radical (unpaired) electrons. The van der Waals surface area contributed by atoms with E-state index < -0.39 is 17.6 Å². The van der Waals surface area contributed by atoms with Gasteiger partial charge in [-0.25, -0.2) is 9.38 Å². The highest BCUT2D eigenvalue weighted by atomic mass is 35.5. The van der Waals surface area contributed by atoms with E-state index in [1.54, 1.807) is 18.5 Å². The molecule has 8 heteroatoms. The van der Waals surface area contributed by atoms with Crippen molar-refractivity contribution < 1.29 is 17.6 Å². The fourth-order valence-corrected chi connectivity index (χ4v) is 2.63. The van der Waals surface area contributed by atoms with Crippen molar-refractivity contribution in [1.82, 2.24) is 4.90 Å². The van der Waals surface area contributed by atoms with Crippen LogP contribution in [0.15, 0.2) is 35.3 Å². The van der Waals surface area contributed by atoms with Crippen molar-refractivity contribution in [2.45, 2.75) is 19.5 Å². The summed E-state index contributed by atoms with van der Waals surface area (Å²) in [4.78, 5) is 6.07. The molecule has 0 unspecified atom stereocenters. The van der Waals surface area contributed by atoms with Crippen molar-refractivity contribution in [2.24, 2.45) is 4.99 Å². The van der Waals surface area contributed by atoms with Gasteiger partial charge in [-0.05, 0) is 48.7 Å². The normalized spacial score (nSPS) is 12.0. The van der Waals surface area contributed by atoms with Crippen LogP contribution in [0.3, 0.4) is 0 Å². The molecule has 0 atom stereocenters. The summed E-state index contributed by atoms with van der Waals surface area (Å²) >= 11 is 12.4. The zero-order chi connectivity index (χ0) is 19.5. The Balaban J connectivity index is 2.31. The predicted molar refractivity (Wildman–Crippen MR) is 97.1 cm³/mol. The van der Waals surface area contributed by atoms with E-state index in [9.17, 15) is 17.6 Å². The van der Waals surface area contributed by atoms with Gasteiger partial charge in [0.15, 0.2) is 0 Å². The van der Waals surface area contributed by atoms with Crippen LogP contribution in [-0.4, -0.2) is 24.8 Å². The zero-order valence-corrected chi connectivity index (χ0v) is 15.6. The van der Waals surface area contributed by atoms with E-state index in [-0.39, 0.29) is 12.0 Å². The van der Waals surface area contributed by atoms with Gasteiger partial charge in [-0.1, -0.05) is 29.3 Å². The maximum atomic E-state index is 13.4. The van der Waals surface area contributed by atoms with E-state index >= 15 is 0 Å². The van der Waals surface area contributed by atoms with Crippen molar-refractivity contribution in [3.63, 3.8) is 0 Å². The van der Waals surface area contributed by atoms with E-state index in [2.05, 4.69) is 4.99 Å². The van der Waals surface area contributed by atoms with E-state index in [4.69, 9.17) is 23.2 Å². The van der Waals surface area contributed by atoms with Crippen LogP contribution in [-0.2, 0) is 12.6 Å². The minimum absolute atomic E-state index is 0.0841. The van der Waals surface area contributed by atoms with Crippen LogP contribution >= 0.6 is 23.2 Å². The standard InChI is InChI=1S/C18H16Cl2F4N2/c1-3-26(2)10-25-17-9-14(19)12(8-15(17)20)6-11-4-5-16(21)13(7-11)18(22,23)24/h4-5,7-10H,3,6H2,1-2H3. The smallest absolute Gasteiger partial charge is 0.366 e. The van der Waals surface area contributed by atoms with Crippen molar-refractivity contribution in [3.05, 3.63) is 62.9 Å². The lowest BCUT2D eigenvalue weighted by Crippen LogP contribution is -2.14. The molecular formula is C18H16Cl2F4N2. The third kappa shape index (κ3) is 5.11. The van der Waals surface area contributed by atoms with Gasteiger partial charge < -0.3 is 4.90 Å². The fraction of sp³-hybridized carbons (Fsp3) is 0.278. The Hall–Kier alpha value is -1.79. The molecule has 26 heavy (non-hydrogen) atoms. The Morgan fingerprint density at radius 2 is 1.81 bits per heavy atom. The summed E-state index contributed by atoms with van der Waals surface area (Å²) in [5, 5.41) is 0.641. The van der Waals surface area contributed by atoms with Gasteiger partial charge in [0.25, 0.3) is 0 Å². The molecule has 0 bridgehead atoms. The van der Waals surface area contributed by atoms with Crippen molar-refractivity contribution in [2.75, 3.05) is 13.6 Å². The Morgan fingerprint density at radius 1 is 1.12 bits per heavy atom. The minimum atomic E-state index is -4.76. The van der Waals surface area contributed by atoms with Gasteiger partial charge in [-0.2, -0.15) is 13.2 Å². The van der Waals surface area contributed by atoms with E-state index in [0.717, 1.165) is 18.7 Å². The number of benzene rings is 2.